The number of ether oxygens (including phenoxy) is 1. The van der Waals surface area contributed by atoms with E-state index in [9.17, 15) is 9.59 Å². The smallest absolute Gasteiger partial charge is 0.305 e. The average molecular weight is 646 g/mol. The number of hydrogen-bond donors (Lipinski definition) is 0. The third-order valence-electron chi connectivity index (χ3n) is 8.39. The molecule has 0 amide bonds. The Morgan fingerprint density at radius 1 is 0.854 bits per heavy atom. The molecular formula is C42H51N3O3. The Kier molecular flexibility index (Phi) is 15.5. The summed E-state index contributed by atoms with van der Waals surface area (Å²) in [6, 6.07) is 17.6. The maximum atomic E-state index is 13.8. The van der Waals surface area contributed by atoms with Gasteiger partial charge in [0.25, 0.3) is 5.56 Å². The summed E-state index contributed by atoms with van der Waals surface area (Å²) in [6.45, 7) is 5.03. The van der Waals surface area contributed by atoms with Crippen molar-refractivity contribution in [3.8, 4) is 17.5 Å². The van der Waals surface area contributed by atoms with Gasteiger partial charge in [0.1, 0.15) is 6.61 Å². The number of pyridine rings is 1. The van der Waals surface area contributed by atoms with Crippen LogP contribution < -0.4 is 5.56 Å². The lowest BCUT2D eigenvalue weighted by Gasteiger charge is -2.14. The topological polar surface area (TPSA) is 66.1 Å². The molecule has 0 bridgehead atoms. The fraction of sp³-hybridized carbons (Fsp3) is 0.405. The number of carbonyl (C=O) groups is 1. The highest BCUT2D eigenvalue weighted by molar-refractivity contribution is 5.88. The molecule has 0 aliphatic heterocycles. The van der Waals surface area contributed by atoms with Crippen LogP contribution in [0.4, 0.5) is 0 Å². The minimum atomic E-state index is -0.156. The summed E-state index contributed by atoms with van der Waals surface area (Å²) in [7, 11) is 0. The van der Waals surface area contributed by atoms with Crippen molar-refractivity contribution < 1.29 is 9.53 Å². The SMILES string of the molecule is CCCCC/C=C\C/C=C\CCCCCCCC(=O)OCCn1cc(C#Cc2cccc3cc(CC)n(-c4ccccc4)c(=O)c23)cn1. The average Bonchev–Trinajstić information content (AvgIpc) is 3.56. The fourth-order valence-corrected chi connectivity index (χ4v) is 5.74. The van der Waals surface area contributed by atoms with Crippen molar-refractivity contribution in [1.29, 1.82) is 0 Å². The van der Waals surface area contributed by atoms with Crippen LogP contribution in [0.2, 0.25) is 0 Å². The van der Waals surface area contributed by atoms with Crippen LogP contribution in [0.1, 0.15) is 108 Å². The second-order valence-electron chi connectivity index (χ2n) is 12.2. The molecule has 2 aromatic carbocycles. The van der Waals surface area contributed by atoms with Gasteiger partial charge in [0.2, 0.25) is 0 Å². The molecule has 0 atom stereocenters. The minimum Gasteiger partial charge on any atom is -0.464 e. The second-order valence-corrected chi connectivity index (χ2v) is 12.2. The highest BCUT2D eigenvalue weighted by Crippen LogP contribution is 2.20. The monoisotopic (exact) mass is 645 g/mol. The van der Waals surface area contributed by atoms with E-state index in [0.717, 1.165) is 60.9 Å². The molecule has 6 heteroatoms. The third-order valence-corrected chi connectivity index (χ3v) is 8.39. The molecule has 0 fully saturated rings. The molecule has 0 saturated heterocycles. The summed E-state index contributed by atoms with van der Waals surface area (Å²) in [5.74, 6) is 6.21. The first-order valence-corrected chi connectivity index (χ1v) is 17.8. The van der Waals surface area contributed by atoms with Gasteiger partial charge in [0, 0.05) is 29.6 Å². The van der Waals surface area contributed by atoms with E-state index in [-0.39, 0.29) is 18.1 Å². The first kappa shape index (κ1) is 36.2. The van der Waals surface area contributed by atoms with Crippen LogP contribution in [-0.2, 0) is 22.5 Å². The molecule has 0 unspecified atom stereocenters. The Hall–Kier alpha value is -4.63. The van der Waals surface area contributed by atoms with Crippen molar-refractivity contribution in [2.24, 2.45) is 0 Å². The largest absolute Gasteiger partial charge is 0.464 e. The van der Waals surface area contributed by atoms with E-state index in [0.29, 0.717) is 23.9 Å². The Morgan fingerprint density at radius 3 is 2.38 bits per heavy atom. The number of hydrogen-bond acceptors (Lipinski definition) is 4. The number of allylic oxidation sites excluding steroid dienone is 4. The van der Waals surface area contributed by atoms with E-state index in [1.54, 1.807) is 15.4 Å². The van der Waals surface area contributed by atoms with Crippen LogP contribution in [0.5, 0.6) is 0 Å². The number of esters is 1. The van der Waals surface area contributed by atoms with Gasteiger partial charge in [-0.1, -0.05) is 112 Å². The van der Waals surface area contributed by atoms with Crippen LogP contribution in [0, 0.1) is 11.8 Å². The lowest BCUT2D eigenvalue weighted by molar-refractivity contribution is -0.144. The number of carbonyl (C=O) groups excluding carboxylic acids is 1. The molecule has 4 aromatic rings. The van der Waals surface area contributed by atoms with Gasteiger partial charge in [0.15, 0.2) is 0 Å². The lowest BCUT2D eigenvalue weighted by Crippen LogP contribution is -2.22. The highest BCUT2D eigenvalue weighted by Gasteiger charge is 2.12. The van der Waals surface area contributed by atoms with E-state index < -0.39 is 0 Å². The Balaban J connectivity index is 1.17. The first-order chi connectivity index (χ1) is 23.6. The molecule has 0 saturated carbocycles. The second kappa shape index (κ2) is 20.6. The molecule has 4 rings (SSSR count). The van der Waals surface area contributed by atoms with Gasteiger partial charge in [-0.2, -0.15) is 5.10 Å². The van der Waals surface area contributed by atoms with E-state index in [1.807, 2.05) is 54.7 Å². The molecule has 0 aliphatic carbocycles. The Morgan fingerprint density at radius 2 is 1.60 bits per heavy atom. The number of rotatable bonds is 19. The summed E-state index contributed by atoms with van der Waals surface area (Å²) >= 11 is 0. The fourth-order valence-electron chi connectivity index (χ4n) is 5.74. The Bertz CT molecular complexity index is 1750. The van der Waals surface area contributed by atoms with E-state index in [1.165, 1.54) is 38.5 Å². The molecule has 2 aromatic heterocycles. The standard InChI is InChI=1S/C42H51N3O3/c1-3-5-6-7-8-9-10-11-12-13-14-15-16-17-21-27-40(46)48-31-30-44-34-35(33-43-44)28-29-36-23-22-24-37-32-38(4-2)45(42(47)41(36)37)39-25-19-18-20-26-39/h8-9,11-12,18-20,22-26,32-34H,3-7,10,13-17,21,27,30-31H2,1-2H3/b9-8-,12-11-. The van der Waals surface area contributed by atoms with Crippen LogP contribution in [0.3, 0.4) is 0 Å². The zero-order chi connectivity index (χ0) is 33.8. The number of unbranched alkanes of at least 4 members (excludes halogenated alkanes) is 8. The number of para-hydroxylation sites is 1. The van der Waals surface area contributed by atoms with Crippen molar-refractivity contribution >= 4 is 16.7 Å². The van der Waals surface area contributed by atoms with Gasteiger partial charge in [0.05, 0.1) is 23.7 Å². The number of aromatic nitrogens is 3. The highest BCUT2D eigenvalue weighted by atomic mass is 16.5. The summed E-state index contributed by atoms with van der Waals surface area (Å²) in [4.78, 5) is 26.0. The van der Waals surface area contributed by atoms with Gasteiger partial charge >= 0.3 is 5.97 Å². The zero-order valence-electron chi connectivity index (χ0n) is 28.8. The Labute approximate surface area is 286 Å². The van der Waals surface area contributed by atoms with Crippen molar-refractivity contribution in [3.05, 3.63) is 118 Å². The summed E-state index contributed by atoms with van der Waals surface area (Å²) < 4.78 is 8.96. The van der Waals surface area contributed by atoms with Crippen molar-refractivity contribution in [3.63, 3.8) is 0 Å². The van der Waals surface area contributed by atoms with Crippen LogP contribution >= 0.6 is 0 Å². The number of aryl methyl sites for hydroxylation is 1. The maximum absolute atomic E-state index is 13.8. The number of nitrogens with zero attached hydrogens (tertiary/aromatic N) is 3. The van der Waals surface area contributed by atoms with Crippen molar-refractivity contribution in [1.82, 2.24) is 14.3 Å². The zero-order valence-corrected chi connectivity index (χ0v) is 28.8. The molecule has 2 heterocycles. The molecule has 252 valence electrons. The molecule has 0 spiro atoms. The predicted molar refractivity (Wildman–Crippen MR) is 197 cm³/mol. The van der Waals surface area contributed by atoms with Crippen molar-refractivity contribution in [2.45, 2.75) is 104 Å². The van der Waals surface area contributed by atoms with E-state index >= 15 is 0 Å². The molecular weight excluding hydrogens is 594 g/mol. The predicted octanol–water partition coefficient (Wildman–Crippen LogP) is 9.51. The number of fused-ring (bicyclic) bond motifs is 1. The molecule has 48 heavy (non-hydrogen) atoms. The summed E-state index contributed by atoms with van der Waals surface area (Å²) in [5, 5.41) is 5.86. The minimum absolute atomic E-state index is 0.0715. The van der Waals surface area contributed by atoms with Gasteiger partial charge in [-0.25, -0.2) is 0 Å². The summed E-state index contributed by atoms with van der Waals surface area (Å²) in [5.41, 5.74) is 3.14. The van der Waals surface area contributed by atoms with Gasteiger partial charge < -0.3 is 4.74 Å². The molecule has 6 nitrogen and oxygen atoms in total. The van der Waals surface area contributed by atoms with Crippen LogP contribution in [-0.4, -0.2) is 26.9 Å². The summed E-state index contributed by atoms with van der Waals surface area (Å²) in [6.07, 6.45) is 26.6. The number of benzene rings is 2. The quantitative estimate of drug-likeness (QED) is 0.0441. The molecule has 0 radical (unpaired) electrons. The van der Waals surface area contributed by atoms with Crippen LogP contribution in [0.25, 0.3) is 16.5 Å². The third kappa shape index (κ3) is 11.6. The maximum Gasteiger partial charge on any atom is 0.305 e. The lowest BCUT2D eigenvalue weighted by atomic mass is 10.0. The van der Waals surface area contributed by atoms with Gasteiger partial charge in [-0.15, -0.1) is 0 Å². The normalized spacial score (nSPS) is 11.4. The van der Waals surface area contributed by atoms with Crippen molar-refractivity contribution in [2.75, 3.05) is 6.61 Å². The molecule has 0 N–H and O–H groups in total. The van der Waals surface area contributed by atoms with Gasteiger partial charge in [-0.3, -0.25) is 18.8 Å². The van der Waals surface area contributed by atoms with Gasteiger partial charge in [-0.05, 0) is 74.6 Å². The first-order valence-electron chi connectivity index (χ1n) is 17.8. The van der Waals surface area contributed by atoms with E-state index in [2.05, 4.69) is 61.2 Å². The molecule has 0 aliphatic rings. The van der Waals surface area contributed by atoms with E-state index in [4.69, 9.17) is 4.74 Å². The van der Waals surface area contributed by atoms with Crippen LogP contribution in [0.15, 0.2) is 96.1 Å².